The predicted molar refractivity (Wildman–Crippen MR) is 200 cm³/mol. The Morgan fingerprint density at radius 1 is 0.490 bits per heavy atom. The number of hydrogen-bond donors (Lipinski definition) is 4. The number of rotatable bonds is 22. The second-order valence-corrected chi connectivity index (χ2v) is 15.9. The maximum Gasteiger partial charge on any atom is 2.00 e. The largest absolute Gasteiger partial charge is 2.00 e. The zero-order chi connectivity index (χ0) is 34.8. The number of fused-ring (bicyclic) bond motifs is 2. The van der Waals surface area contributed by atoms with E-state index >= 15 is 0 Å². The van der Waals surface area contributed by atoms with Crippen LogP contribution in [0.4, 0.5) is 22.7 Å². The van der Waals surface area contributed by atoms with Crippen LogP contribution in [0.1, 0.15) is 142 Å². The average molecular weight is 747 g/mol. The Hall–Kier alpha value is -1.28. The minimum absolute atomic E-state index is 0. The molecule has 2 aliphatic rings. The summed E-state index contributed by atoms with van der Waals surface area (Å²) >= 11 is 0. The standard InChI is InChI=1S/2C18H30N2O3S.Ca/c2*1-2-3-4-5-6-7-8-9-10-14-17-19-15-12-11-13-16(18(15)20-17)24(21,22)23;/h2*11-13,17,19-20H,2-10,14H2,1H3,(H,21,22,23);/q;;+2/p-2. The fraction of sp³-hybridized carbons (Fsp3) is 0.667. The number of hydrogen-bond acceptors (Lipinski definition) is 10. The molecule has 0 fully saturated rings. The summed E-state index contributed by atoms with van der Waals surface area (Å²) in [6, 6.07) is 9.51. The molecule has 2 atom stereocenters. The van der Waals surface area contributed by atoms with Crippen molar-refractivity contribution in [2.75, 3.05) is 21.3 Å². The van der Waals surface area contributed by atoms with Gasteiger partial charge in [0.15, 0.2) is 0 Å². The van der Waals surface area contributed by atoms with Gasteiger partial charge in [0, 0.05) is 0 Å². The maximum absolute atomic E-state index is 11.3. The van der Waals surface area contributed by atoms with Crippen LogP contribution in [0.5, 0.6) is 0 Å². The Morgan fingerprint density at radius 2 is 0.796 bits per heavy atom. The van der Waals surface area contributed by atoms with E-state index in [0.717, 1.165) is 25.7 Å². The number of unbranched alkanes of at least 4 members (excludes halogenated alkanes) is 16. The third-order valence-corrected chi connectivity index (χ3v) is 10.8. The first-order valence-corrected chi connectivity index (χ1v) is 21.1. The van der Waals surface area contributed by atoms with Crippen molar-refractivity contribution in [3.05, 3.63) is 36.4 Å². The molecule has 0 amide bonds. The molecule has 4 N–H and O–H groups in total. The van der Waals surface area contributed by atoms with Gasteiger partial charge in [0.25, 0.3) is 0 Å². The van der Waals surface area contributed by atoms with Crippen LogP contribution in [0.25, 0.3) is 0 Å². The van der Waals surface area contributed by atoms with E-state index in [1.54, 1.807) is 24.3 Å². The van der Waals surface area contributed by atoms with E-state index in [0.29, 0.717) is 22.7 Å². The summed E-state index contributed by atoms with van der Waals surface area (Å²) in [7, 11) is -8.89. The van der Waals surface area contributed by atoms with Crippen molar-refractivity contribution < 1.29 is 25.9 Å². The molecule has 0 radical (unpaired) electrons. The first kappa shape index (κ1) is 43.9. The van der Waals surface area contributed by atoms with Gasteiger partial charge in [-0.25, -0.2) is 16.8 Å². The van der Waals surface area contributed by atoms with Crippen LogP contribution in [0.15, 0.2) is 46.2 Å². The van der Waals surface area contributed by atoms with E-state index < -0.39 is 20.2 Å². The third kappa shape index (κ3) is 15.9. The predicted octanol–water partition coefficient (Wildman–Crippen LogP) is 8.97. The van der Waals surface area contributed by atoms with Gasteiger partial charge in [-0.2, -0.15) is 0 Å². The molecule has 13 heteroatoms. The molecule has 2 aliphatic heterocycles. The summed E-state index contributed by atoms with van der Waals surface area (Å²) in [5, 5.41) is 12.8. The Bertz CT molecular complexity index is 1350. The smallest absolute Gasteiger partial charge is 0.744 e. The maximum atomic E-state index is 11.3. The number of benzene rings is 2. The summed E-state index contributed by atoms with van der Waals surface area (Å²) in [5.74, 6) is 0. The Labute approximate surface area is 326 Å². The number of para-hydroxylation sites is 2. The van der Waals surface area contributed by atoms with Gasteiger partial charge in [-0.15, -0.1) is 0 Å². The second-order valence-electron chi connectivity index (χ2n) is 13.2. The van der Waals surface area contributed by atoms with Crippen molar-refractivity contribution in [1.29, 1.82) is 0 Å². The van der Waals surface area contributed by atoms with Crippen molar-refractivity contribution in [3.63, 3.8) is 0 Å². The van der Waals surface area contributed by atoms with E-state index in [1.165, 1.54) is 115 Å². The van der Waals surface area contributed by atoms with Crippen molar-refractivity contribution in [2.24, 2.45) is 0 Å². The Kier molecular flexibility index (Phi) is 20.9. The molecule has 0 aliphatic carbocycles. The van der Waals surface area contributed by atoms with Crippen molar-refractivity contribution >= 4 is 80.7 Å². The topological polar surface area (TPSA) is 163 Å². The molecule has 4 rings (SSSR count). The minimum Gasteiger partial charge on any atom is -0.744 e. The second kappa shape index (κ2) is 23.3. The van der Waals surface area contributed by atoms with Crippen LogP contribution in [0.2, 0.25) is 0 Å². The van der Waals surface area contributed by atoms with Crippen LogP contribution in [-0.2, 0) is 20.2 Å². The first-order chi connectivity index (χ1) is 23.0. The Morgan fingerprint density at radius 3 is 1.10 bits per heavy atom. The number of anilines is 4. The minimum atomic E-state index is -4.45. The van der Waals surface area contributed by atoms with Gasteiger partial charge in [0.1, 0.15) is 20.2 Å². The summed E-state index contributed by atoms with van der Waals surface area (Å²) in [5.41, 5.74) is 2.25. The molecule has 0 spiro atoms. The normalized spacial score (nSPS) is 16.2. The van der Waals surface area contributed by atoms with Gasteiger partial charge < -0.3 is 30.4 Å². The molecule has 49 heavy (non-hydrogen) atoms. The Balaban J connectivity index is 0.000000333. The van der Waals surface area contributed by atoms with E-state index in [9.17, 15) is 25.9 Å². The fourth-order valence-corrected chi connectivity index (χ4v) is 7.75. The average Bonchev–Trinajstić information content (AvgIpc) is 3.66. The van der Waals surface area contributed by atoms with Crippen LogP contribution >= 0.6 is 0 Å². The van der Waals surface area contributed by atoms with Gasteiger partial charge in [-0.3, -0.25) is 0 Å². The third-order valence-electron chi connectivity index (χ3n) is 9.08. The van der Waals surface area contributed by atoms with Crippen LogP contribution in [-0.4, -0.2) is 76.0 Å². The van der Waals surface area contributed by atoms with Gasteiger partial charge in [-0.1, -0.05) is 129 Å². The molecule has 10 nitrogen and oxygen atoms in total. The molecular weight excluding hydrogens is 689 g/mol. The van der Waals surface area contributed by atoms with Crippen molar-refractivity contribution in [1.82, 2.24) is 0 Å². The van der Waals surface area contributed by atoms with E-state index in [1.807, 2.05) is 0 Å². The van der Waals surface area contributed by atoms with Crippen LogP contribution in [0.3, 0.4) is 0 Å². The molecule has 0 saturated carbocycles. The zero-order valence-corrected chi connectivity index (χ0v) is 33.6. The zero-order valence-electron chi connectivity index (χ0n) is 29.7. The van der Waals surface area contributed by atoms with E-state index in [2.05, 4.69) is 35.1 Å². The first-order valence-electron chi connectivity index (χ1n) is 18.3. The van der Waals surface area contributed by atoms with Gasteiger partial charge in [0.2, 0.25) is 0 Å². The summed E-state index contributed by atoms with van der Waals surface area (Å²) < 4.78 is 67.8. The van der Waals surface area contributed by atoms with Crippen LogP contribution in [0, 0.1) is 0 Å². The molecule has 272 valence electrons. The summed E-state index contributed by atoms with van der Waals surface area (Å²) in [6.07, 6.45) is 24.9. The number of nitrogens with one attached hydrogen (secondary N) is 4. The molecule has 2 aromatic carbocycles. The quantitative estimate of drug-likeness (QED) is 0.0520. The van der Waals surface area contributed by atoms with Gasteiger partial charge in [-0.05, 0) is 49.9 Å². The van der Waals surface area contributed by atoms with E-state index in [4.69, 9.17) is 0 Å². The van der Waals surface area contributed by atoms with Gasteiger partial charge >= 0.3 is 37.7 Å². The fourth-order valence-electron chi connectivity index (χ4n) is 6.42. The molecule has 0 aromatic heterocycles. The summed E-state index contributed by atoms with van der Waals surface area (Å²) in [4.78, 5) is -0.329. The van der Waals surface area contributed by atoms with Gasteiger partial charge in [0.05, 0.1) is 44.9 Å². The van der Waals surface area contributed by atoms with E-state index in [-0.39, 0.29) is 59.9 Å². The molecule has 2 unspecified atom stereocenters. The van der Waals surface area contributed by atoms with Crippen LogP contribution < -0.4 is 21.3 Å². The molecular formula is C36H58CaN4O6S2. The van der Waals surface area contributed by atoms with Crippen molar-refractivity contribution in [3.8, 4) is 0 Å². The summed E-state index contributed by atoms with van der Waals surface area (Å²) in [6.45, 7) is 4.47. The molecule has 2 heterocycles. The molecule has 0 saturated heterocycles. The molecule has 0 bridgehead atoms. The SMILES string of the molecule is CCCCCCCCCCCC1Nc2cccc(S(=O)(=O)[O-])c2N1.CCCCCCCCCCCC1Nc2cccc(S(=O)(=O)[O-])c2N1.[Ca+2]. The monoisotopic (exact) mass is 746 g/mol. The molecule has 2 aromatic rings. The van der Waals surface area contributed by atoms with Crippen molar-refractivity contribution in [2.45, 2.75) is 164 Å².